The number of methoxy groups -OCH3 is 2. The van der Waals surface area contributed by atoms with E-state index in [0.717, 1.165) is 22.4 Å². The van der Waals surface area contributed by atoms with E-state index in [1.165, 1.54) is 14.2 Å². The number of benzene rings is 2. The molecule has 2 aromatic carbocycles. The molecule has 1 aromatic heterocycles. The van der Waals surface area contributed by atoms with Gasteiger partial charge in [0.1, 0.15) is 18.7 Å². The fourth-order valence-electron chi connectivity index (χ4n) is 5.58. The van der Waals surface area contributed by atoms with Crippen molar-refractivity contribution in [1.29, 1.82) is 0 Å². The zero-order valence-corrected chi connectivity index (χ0v) is 32.5. The van der Waals surface area contributed by atoms with Crippen molar-refractivity contribution in [3.63, 3.8) is 0 Å². The van der Waals surface area contributed by atoms with Gasteiger partial charge in [0.15, 0.2) is 0 Å². The Hall–Kier alpha value is -5.05. The Morgan fingerprint density at radius 1 is 0.741 bits per heavy atom. The lowest BCUT2D eigenvalue weighted by molar-refractivity contribution is -0.132. The van der Waals surface area contributed by atoms with Gasteiger partial charge in [-0.25, -0.2) is 14.6 Å². The number of alkyl carbamates (subject to hydrolysis) is 2. The number of aliphatic hydroxyl groups excluding tert-OH is 1. The van der Waals surface area contributed by atoms with Gasteiger partial charge in [0.05, 0.1) is 31.6 Å². The van der Waals surface area contributed by atoms with Crippen LogP contribution in [0.3, 0.4) is 0 Å². The Morgan fingerprint density at radius 2 is 1.35 bits per heavy atom. The predicted octanol–water partition coefficient (Wildman–Crippen LogP) is 4.23. The van der Waals surface area contributed by atoms with E-state index in [9.17, 15) is 24.3 Å². The highest BCUT2D eigenvalue weighted by Gasteiger charge is 2.37. The minimum absolute atomic E-state index is 0.00874. The predicted molar refractivity (Wildman–Crippen MR) is 205 cm³/mol. The van der Waals surface area contributed by atoms with Crippen LogP contribution in [0.1, 0.15) is 52.7 Å². The average molecular weight is 749 g/mol. The number of aromatic nitrogens is 1. The fraction of sp³-hybridized carbons (Fsp3) is 0.475. The van der Waals surface area contributed by atoms with E-state index < -0.39 is 59.1 Å². The zero-order chi connectivity index (χ0) is 39.9. The zero-order valence-electron chi connectivity index (χ0n) is 32.5. The number of hydrazine groups is 1. The number of carbonyl (C=O) groups is 4. The third-order valence-electron chi connectivity index (χ3n) is 8.54. The molecule has 0 saturated carbocycles. The molecule has 0 fully saturated rings. The number of nitrogens with one attached hydrogen (secondary N) is 4. The topological polar surface area (TPSA) is 180 Å². The van der Waals surface area contributed by atoms with E-state index >= 15 is 0 Å². The molecule has 4 unspecified atom stereocenters. The summed E-state index contributed by atoms with van der Waals surface area (Å²) in [7, 11) is 2.70. The second-order valence-electron chi connectivity index (χ2n) is 15.1. The third-order valence-corrected chi connectivity index (χ3v) is 8.54. The SMILES string of the molecule is COCCOC(=O)NC(C(=O)NC(Cc1ccccc1)C(O)CN(Cc1ccc(-c2ccccn2)cc1)NC(=O)C(NC(=O)OC)C(C)(C)C)C(C)(C)C. The molecule has 0 aliphatic heterocycles. The van der Waals surface area contributed by atoms with Crippen molar-refractivity contribution in [2.75, 3.05) is 34.0 Å². The van der Waals surface area contributed by atoms with Crippen molar-refractivity contribution < 1.29 is 38.5 Å². The van der Waals surface area contributed by atoms with E-state index in [4.69, 9.17) is 14.2 Å². The molecule has 0 bridgehead atoms. The number of aliphatic hydroxyl groups is 1. The number of hydrogen-bond donors (Lipinski definition) is 5. The van der Waals surface area contributed by atoms with Crippen LogP contribution in [-0.4, -0.2) is 97.3 Å². The standard InChI is InChI=1S/C40H56N6O8/c1-39(2,3)33(44-38(51)54-23-22-52-7)35(48)42-31(24-27-14-10-9-11-15-27)32(47)26-46(45-36(49)34(40(4,5)6)43-37(50)53-8)25-28-17-19-29(20-18-28)30-16-12-13-21-41-30/h9-21,31-34,47H,22-26H2,1-8H3,(H,42,48)(H,43,50)(H,44,51)(H,45,49). The number of nitrogens with zero attached hydrogens (tertiary/aromatic N) is 2. The summed E-state index contributed by atoms with van der Waals surface area (Å²) in [6.45, 7) is 11.1. The molecule has 14 nitrogen and oxygen atoms in total. The molecular weight excluding hydrogens is 692 g/mol. The Bertz CT molecular complexity index is 1630. The summed E-state index contributed by atoms with van der Waals surface area (Å²) in [6, 6.07) is 19.8. The van der Waals surface area contributed by atoms with E-state index in [1.54, 1.807) is 52.7 Å². The van der Waals surface area contributed by atoms with Crippen molar-refractivity contribution in [2.24, 2.45) is 10.8 Å². The molecule has 294 valence electrons. The smallest absolute Gasteiger partial charge is 0.407 e. The van der Waals surface area contributed by atoms with E-state index in [2.05, 4.69) is 26.4 Å². The molecule has 14 heteroatoms. The van der Waals surface area contributed by atoms with E-state index in [1.807, 2.05) is 72.8 Å². The maximum absolute atomic E-state index is 13.9. The summed E-state index contributed by atoms with van der Waals surface area (Å²) in [5, 5.41) is 21.7. The van der Waals surface area contributed by atoms with Crippen LogP contribution in [0.2, 0.25) is 0 Å². The lowest BCUT2D eigenvalue weighted by Crippen LogP contribution is -2.61. The first-order valence-electron chi connectivity index (χ1n) is 17.9. The molecule has 3 rings (SSSR count). The molecule has 4 atom stereocenters. The minimum Gasteiger partial charge on any atom is -0.453 e. The van der Waals surface area contributed by atoms with Crippen LogP contribution in [-0.2, 0) is 36.8 Å². The van der Waals surface area contributed by atoms with Crippen LogP contribution < -0.4 is 21.4 Å². The van der Waals surface area contributed by atoms with Crippen LogP contribution in [0.4, 0.5) is 9.59 Å². The molecule has 54 heavy (non-hydrogen) atoms. The van der Waals surface area contributed by atoms with Crippen LogP contribution in [0.15, 0.2) is 79.0 Å². The van der Waals surface area contributed by atoms with Crippen LogP contribution in [0, 0.1) is 10.8 Å². The highest BCUT2D eigenvalue weighted by molar-refractivity contribution is 5.87. The molecule has 5 N–H and O–H groups in total. The van der Waals surface area contributed by atoms with Crippen molar-refractivity contribution >= 4 is 24.0 Å². The lowest BCUT2D eigenvalue weighted by atomic mass is 9.85. The summed E-state index contributed by atoms with van der Waals surface area (Å²) in [5.41, 5.74) is 4.82. The first-order chi connectivity index (χ1) is 25.5. The monoisotopic (exact) mass is 748 g/mol. The van der Waals surface area contributed by atoms with Gasteiger partial charge in [0.25, 0.3) is 5.91 Å². The number of rotatable bonds is 17. The average Bonchev–Trinajstić information content (AvgIpc) is 3.12. The Morgan fingerprint density at radius 3 is 1.93 bits per heavy atom. The van der Waals surface area contributed by atoms with Crippen molar-refractivity contribution in [1.82, 2.24) is 31.4 Å². The summed E-state index contributed by atoms with van der Waals surface area (Å²) in [5.74, 6) is -1.06. The Balaban J connectivity index is 1.94. The van der Waals surface area contributed by atoms with Gasteiger partial charge in [-0.2, -0.15) is 0 Å². The van der Waals surface area contributed by atoms with Crippen LogP contribution >= 0.6 is 0 Å². The maximum atomic E-state index is 13.9. The van der Waals surface area contributed by atoms with Gasteiger partial charge in [-0.1, -0.05) is 102 Å². The highest BCUT2D eigenvalue weighted by Crippen LogP contribution is 2.23. The van der Waals surface area contributed by atoms with Crippen LogP contribution in [0.25, 0.3) is 11.3 Å². The maximum Gasteiger partial charge on any atom is 0.407 e. The van der Waals surface area contributed by atoms with Crippen molar-refractivity contribution in [2.45, 2.75) is 78.7 Å². The van der Waals surface area contributed by atoms with Gasteiger partial charge in [-0.05, 0) is 40.5 Å². The molecule has 0 aliphatic rings. The minimum atomic E-state index is -1.24. The number of carbonyl (C=O) groups excluding carboxylic acids is 4. The van der Waals surface area contributed by atoms with Gasteiger partial charge in [0, 0.05) is 32.0 Å². The van der Waals surface area contributed by atoms with E-state index in [-0.39, 0.29) is 32.7 Å². The third kappa shape index (κ3) is 14.1. The molecule has 0 spiro atoms. The van der Waals surface area contributed by atoms with Gasteiger partial charge in [0.2, 0.25) is 5.91 Å². The second-order valence-corrected chi connectivity index (χ2v) is 15.1. The number of hydrogen-bond acceptors (Lipinski definition) is 10. The first-order valence-corrected chi connectivity index (χ1v) is 17.9. The highest BCUT2D eigenvalue weighted by atomic mass is 16.6. The quantitative estimate of drug-likeness (QED) is 0.0991. The first kappa shape index (κ1) is 43.4. The molecule has 0 radical (unpaired) electrons. The second kappa shape index (κ2) is 20.4. The number of ether oxygens (including phenoxy) is 3. The van der Waals surface area contributed by atoms with Gasteiger partial charge in [-0.15, -0.1) is 0 Å². The largest absolute Gasteiger partial charge is 0.453 e. The molecular formula is C40H56N6O8. The lowest BCUT2D eigenvalue weighted by Gasteiger charge is -2.35. The summed E-state index contributed by atoms with van der Waals surface area (Å²) in [4.78, 5) is 57.1. The van der Waals surface area contributed by atoms with E-state index in [0.29, 0.717) is 0 Å². The number of pyridine rings is 1. The summed E-state index contributed by atoms with van der Waals surface area (Å²) in [6.07, 6.45) is -0.832. The van der Waals surface area contributed by atoms with Gasteiger partial charge < -0.3 is 35.3 Å². The molecule has 0 saturated heterocycles. The van der Waals surface area contributed by atoms with Crippen LogP contribution in [0.5, 0.6) is 0 Å². The normalized spacial score (nSPS) is 13.9. The van der Waals surface area contributed by atoms with Crippen molar-refractivity contribution in [3.05, 3.63) is 90.1 Å². The molecule has 3 aromatic rings. The molecule has 4 amide bonds. The number of amides is 4. The molecule has 1 heterocycles. The van der Waals surface area contributed by atoms with Gasteiger partial charge >= 0.3 is 12.2 Å². The summed E-state index contributed by atoms with van der Waals surface area (Å²) >= 11 is 0. The Labute approximate surface area is 318 Å². The summed E-state index contributed by atoms with van der Waals surface area (Å²) < 4.78 is 14.9. The van der Waals surface area contributed by atoms with Gasteiger partial charge in [-0.3, -0.25) is 20.0 Å². The Kier molecular flexibility index (Phi) is 16.4. The molecule has 0 aliphatic carbocycles. The fourth-order valence-corrected chi connectivity index (χ4v) is 5.58. The van der Waals surface area contributed by atoms with Crippen molar-refractivity contribution in [3.8, 4) is 11.3 Å².